The van der Waals surface area contributed by atoms with Crippen LogP contribution < -0.4 is 5.73 Å². The van der Waals surface area contributed by atoms with Crippen LogP contribution in [0.4, 0.5) is 0 Å². The number of ketones is 1. The van der Waals surface area contributed by atoms with E-state index in [4.69, 9.17) is 5.73 Å². The molecule has 0 aliphatic heterocycles. The van der Waals surface area contributed by atoms with E-state index >= 15 is 0 Å². The average Bonchev–Trinajstić information content (AvgIpc) is 2.70. The lowest BCUT2D eigenvalue weighted by molar-refractivity contribution is -0.120. The van der Waals surface area contributed by atoms with Crippen LogP contribution in [0.3, 0.4) is 0 Å². The molecule has 0 aromatic rings. The first-order valence-corrected chi connectivity index (χ1v) is 7.28. The van der Waals surface area contributed by atoms with Gasteiger partial charge in [-0.2, -0.15) is 0 Å². The molecule has 0 aromatic heterocycles. The van der Waals surface area contributed by atoms with Crippen LogP contribution in [0.1, 0.15) is 64.2 Å². The smallest absolute Gasteiger partial charge is 0.163 e. The Morgan fingerprint density at radius 2 is 1.82 bits per heavy atom. The molecule has 2 atom stereocenters. The quantitative estimate of drug-likeness (QED) is 0.746. The Morgan fingerprint density at radius 1 is 1.06 bits per heavy atom. The minimum absolute atomic E-state index is 0.106. The monoisotopic (exact) mass is 235 g/mol. The largest absolute Gasteiger partial charge is 0.327 e. The second kappa shape index (κ2) is 6.34. The normalized spacial score (nSPS) is 31.2. The molecule has 0 heterocycles. The number of allylic oxidation sites excluding steroid dienone is 2. The van der Waals surface area contributed by atoms with E-state index in [2.05, 4.69) is 6.08 Å². The van der Waals surface area contributed by atoms with Crippen molar-refractivity contribution in [2.75, 3.05) is 0 Å². The fraction of sp³-hybridized carbons (Fsp3) is 0.800. The van der Waals surface area contributed by atoms with Crippen molar-refractivity contribution in [3.8, 4) is 0 Å². The highest BCUT2D eigenvalue weighted by Crippen LogP contribution is 2.28. The highest BCUT2D eigenvalue weighted by atomic mass is 16.1. The first kappa shape index (κ1) is 12.8. The molecule has 0 aromatic carbocycles. The van der Waals surface area contributed by atoms with Crippen molar-refractivity contribution in [1.82, 2.24) is 0 Å². The minimum atomic E-state index is 0.106. The Bertz CT molecular complexity index is 295. The van der Waals surface area contributed by atoms with Gasteiger partial charge in [0.2, 0.25) is 0 Å². The van der Waals surface area contributed by atoms with Crippen molar-refractivity contribution in [3.63, 3.8) is 0 Å². The summed E-state index contributed by atoms with van der Waals surface area (Å²) in [4.78, 5) is 12.5. The van der Waals surface area contributed by atoms with Gasteiger partial charge in [0, 0.05) is 12.0 Å². The Hall–Kier alpha value is -0.630. The maximum Gasteiger partial charge on any atom is 0.163 e. The number of rotatable bonds is 2. The van der Waals surface area contributed by atoms with Crippen molar-refractivity contribution in [1.29, 1.82) is 0 Å². The highest BCUT2D eigenvalue weighted by Gasteiger charge is 2.28. The second-order valence-corrected chi connectivity index (χ2v) is 5.60. The van der Waals surface area contributed by atoms with Crippen LogP contribution in [0, 0.1) is 5.92 Å². The maximum absolute atomic E-state index is 12.5. The fourth-order valence-electron chi connectivity index (χ4n) is 3.14. The van der Waals surface area contributed by atoms with Crippen molar-refractivity contribution in [3.05, 3.63) is 11.6 Å². The standard InChI is InChI=1S/C15H25NO/c16-14-11-7-3-6-10-13(14)15(17)12-8-4-1-2-5-9-12/h8,13-14H,1-7,9-11,16H2. The third kappa shape index (κ3) is 3.41. The predicted octanol–water partition coefficient (Wildman–Crippen LogP) is 3.35. The molecule has 2 nitrogen and oxygen atoms in total. The molecule has 2 heteroatoms. The van der Waals surface area contributed by atoms with Crippen LogP contribution in [0.5, 0.6) is 0 Å². The van der Waals surface area contributed by atoms with E-state index in [0.29, 0.717) is 5.78 Å². The third-order valence-electron chi connectivity index (χ3n) is 4.26. The third-order valence-corrected chi connectivity index (χ3v) is 4.26. The van der Waals surface area contributed by atoms with Gasteiger partial charge in [-0.05, 0) is 44.1 Å². The summed E-state index contributed by atoms with van der Waals surface area (Å²) in [5.74, 6) is 0.489. The molecular formula is C15H25NO. The van der Waals surface area contributed by atoms with E-state index in [1.807, 2.05) is 0 Å². The summed E-state index contributed by atoms with van der Waals surface area (Å²) >= 11 is 0. The molecule has 96 valence electrons. The SMILES string of the molecule is NC1CCCCCC1C(=O)C1=CCCCCC1. The molecule has 0 radical (unpaired) electrons. The molecule has 17 heavy (non-hydrogen) atoms. The summed E-state index contributed by atoms with van der Waals surface area (Å²) in [7, 11) is 0. The lowest BCUT2D eigenvalue weighted by Crippen LogP contribution is -2.35. The Labute approximate surface area is 105 Å². The maximum atomic E-state index is 12.5. The minimum Gasteiger partial charge on any atom is -0.327 e. The van der Waals surface area contributed by atoms with E-state index in [1.54, 1.807) is 0 Å². The lowest BCUT2D eigenvalue weighted by Gasteiger charge is -2.21. The summed E-state index contributed by atoms with van der Waals surface area (Å²) in [6.45, 7) is 0. The van der Waals surface area contributed by atoms with Gasteiger partial charge in [-0.15, -0.1) is 0 Å². The lowest BCUT2D eigenvalue weighted by atomic mass is 9.86. The van der Waals surface area contributed by atoms with E-state index < -0.39 is 0 Å². The first-order chi connectivity index (χ1) is 8.29. The Morgan fingerprint density at radius 3 is 2.71 bits per heavy atom. The fourth-order valence-corrected chi connectivity index (χ4v) is 3.14. The molecule has 0 amide bonds. The van der Waals surface area contributed by atoms with Crippen molar-refractivity contribution >= 4 is 5.78 Å². The predicted molar refractivity (Wildman–Crippen MR) is 70.7 cm³/mol. The van der Waals surface area contributed by atoms with Crippen LogP contribution in [-0.2, 0) is 4.79 Å². The van der Waals surface area contributed by atoms with Crippen LogP contribution in [0.2, 0.25) is 0 Å². The van der Waals surface area contributed by atoms with Gasteiger partial charge in [-0.3, -0.25) is 4.79 Å². The Balaban J connectivity index is 2.03. The van der Waals surface area contributed by atoms with Gasteiger partial charge in [0.25, 0.3) is 0 Å². The zero-order valence-corrected chi connectivity index (χ0v) is 10.8. The molecule has 2 aliphatic carbocycles. The van der Waals surface area contributed by atoms with Crippen LogP contribution in [0.25, 0.3) is 0 Å². The van der Waals surface area contributed by atoms with Crippen molar-refractivity contribution < 1.29 is 4.79 Å². The Kier molecular flexibility index (Phi) is 4.78. The summed E-state index contributed by atoms with van der Waals surface area (Å²) in [6.07, 6.45) is 13.6. The van der Waals surface area contributed by atoms with Gasteiger partial charge in [0.1, 0.15) is 0 Å². The van der Waals surface area contributed by atoms with E-state index in [1.165, 1.54) is 38.5 Å². The van der Waals surface area contributed by atoms with Gasteiger partial charge in [-0.25, -0.2) is 0 Å². The molecule has 2 unspecified atom stereocenters. The summed E-state index contributed by atoms with van der Waals surface area (Å²) < 4.78 is 0. The molecule has 2 aliphatic rings. The molecule has 1 fully saturated rings. The molecule has 2 rings (SSSR count). The zero-order chi connectivity index (χ0) is 12.1. The second-order valence-electron chi connectivity index (χ2n) is 5.60. The number of hydrogen-bond donors (Lipinski definition) is 1. The molecule has 0 saturated heterocycles. The van der Waals surface area contributed by atoms with E-state index in [0.717, 1.165) is 31.3 Å². The van der Waals surface area contributed by atoms with Crippen LogP contribution in [0.15, 0.2) is 11.6 Å². The summed E-state index contributed by atoms with van der Waals surface area (Å²) in [5, 5.41) is 0. The van der Waals surface area contributed by atoms with Gasteiger partial charge >= 0.3 is 0 Å². The number of carbonyl (C=O) groups excluding carboxylic acids is 1. The summed E-state index contributed by atoms with van der Waals surface area (Å²) in [6, 6.07) is 0.106. The molecule has 1 saturated carbocycles. The number of nitrogens with two attached hydrogens (primary N) is 1. The first-order valence-electron chi connectivity index (χ1n) is 7.28. The van der Waals surface area contributed by atoms with Gasteiger partial charge in [-0.1, -0.05) is 31.8 Å². The number of Topliss-reactive ketones (excluding diaryl/α,β-unsaturated/α-hetero) is 1. The van der Waals surface area contributed by atoms with Crippen molar-refractivity contribution in [2.45, 2.75) is 70.3 Å². The van der Waals surface area contributed by atoms with E-state index in [-0.39, 0.29) is 12.0 Å². The molecular weight excluding hydrogens is 210 g/mol. The van der Waals surface area contributed by atoms with Crippen LogP contribution in [-0.4, -0.2) is 11.8 Å². The zero-order valence-electron chi connectivity index (χ0n) is 10.8. The topological polar surface area (TPSA) is 43.1 Å². The summed E-state index contributed by atoms with van der Waals surface area (Å²) in [5.41, 5.74) is 7.27. The van der Waals surface area contributed by atoms with Gasteiger partial charge in [0.05, 0.1) is 0 Å². The number of carbonyl (C=O) groups is 1. The number of hydrogen-bond acceptors (Lipinski definition) is 2. The van der Waals surface area contributed by atoms with Crippen LogP contribution >= 0.6 is 0 Å². The molecule has 0 spiro atoms. The van der Waals surface area contributed by atoms with E-state index in [9.17, 15) is 4.79 Å². The van der Waals surface area contributed by atoms with Crippen molar-refractivity contribution in [2.24, 2.45) is 11.7 Å². The van der Waals surface area contributed by atoms with Gasteiger partial charge in [0.15, 0.2) is 5.78 Å². The molecule has 2 N–H and O–H groups in total. The highest BCUT2D eigenvalue weighted by molar-refractivity contribution is 5.97. The average molecular weight is 235 g/mol. The van der Waals surface area contributed by atoms with Gasteiger partial charge < -0.3 is 5.73 Å². The molecule has 0 bridgehead atoms.